The lowest BCUT2D eigenvalue weighted by Gasteiger charge is -2.24. The molecule has 4 heteroatoms. The molecule has 0 N–H and O–H groups in total. The molecule has 63 heavy (non-hydrogen) atoms. The first-order valence-electron chi connectivity index (χ1n) is 21.9. The van der Waals surface area contributed by atoms with Gasteiger partial charge in [0.25, 0.3) is 0 Å². The molecule has 0 saturated heterocycles. The van der Waals surface area contributed by atoms with E-state index in [0.29, 0.717) is 0 Å². The number of fused-ring (bicyclic) bond motifs is 15. The summed E-state index contributed by atoms with van der Waals surface area (Å²) in [6, 6.07) is 57.1. The van der Waals surface area contributed by atoms with Crippen LogP contribution in [0.1, 0.15) is 48.6 Å². The zero-order valence-electron chi connectivity index (χ0n) is 35.0. The Bertz CT molecular complexity index is 3750. The minimum atomic E-state index is -0.174. The van der Waals surface area contributed by atoms with Crippen molar-refractivity contribution < 1.29 is 0 Å². The van der Waals surface area contributed by atoms with Crippen molar-refractivity contribution in [1.29, 1.82) is 0 Å². The van der Waals surface area contributed by atoms with Crippen LogP contribution < -0.4 is 0 Å². The molecule has 4 nitrogen and oxygen atoms in total. The van der Waals surface area contributed by atoms with Gasteiger partial charge in [0.05, 0.1) is 45.8 Å². The lowest BCUT2D eigenvalue weighted by molar-refractivity contribution is 0.658. The lowest BCUT2D eigenvalue weighted by Crippen LogP contribution is -2.15. The molecule has 1 atom stereocenters. The summed E-state index contributed by atoms with van der Waals surface area (Å²) >= 11 is 0. The normalized spacial score (nSPS) is 15.4. The van der Waals surface area contributed by atoms with Gasteiger partial charge in [0.1, 0.15) is 0 Å². The van der Waals surface area contributed by atoms with Crippen LogP contribution in [0.25, 0.3) is 104 Å². The summed E-state index contributed by atoms with van der Waals surface area (Å²) in [5.74, 6) is 0.230. The van der Waals surface area contributed by atoms with E-state index in [1.165, 1.54) is 54.9 Å². The van der Waals surface area contributed by atoms with Crippen LogP contribution in [0.5, 0.6) is 0 Å². The number of aromatic nitrogens is 4. The van der Waals surface area contributed by atoms with Crippen LogP contribution in [-0.4, -0.2) is 19.9 Å². The highest BCUT2D eigenvalue weighted by atomic mass is 14.8. The number of hydrogen-bond acceptors (Lipinski definition) is 4. The molecule has 2 aliphatic rings. The maximum Gasteiger partial charge on any atom is 0.0979 e. The van der Waals surface area contributed by atoms with E-state index in [1.807, 2.05) is 12.4 Å². The molecular weight excluding hydrogens is 765 g/mol. The fourth-order valence-electron chi connectivity index (χ4n) is 10.6. The van der Waals surface area contributed by atoms with Gasteiger partial charge in [-0.05, 0) is 84.6 Å². The fourth-order valence-corrected chi connectivity index (χ4v) is 10.6. The first kappa shape index (κ1) is 35.9. The SMILES string of the molecule is CC1(C)c2cc(-c3cccc(-c4cnc5c6ccccc6c6ccccc6c5n4)c3)ccc2-c2ccc(C3C=C(c4cnc5c6ccccc6c6ccccc6c5n4)C=CC3)cc21. The highest BCUT2D eigenvalue weighted by molar-refractivity contribution is 6.24. The molecular formula is C59H40N4. The topological polar surface area (TPSA) is 51.6 Å². The van der Waals surface area contributed by atoms with Crippen LogP contribution in [0.3, 0.4) is 0 Å². The second-order valence-corrected chi connectivity index (χ2v) is 17.7. The van der Waals surface area contributed by atoms with E-state index in [1.54, 1.807) is 0 Å². The van der Waals surface area contributed by atoms with Gasteiger partial charge < -0.3 is 0 Å². The highest BCUT2D eigenvalue weighted by Gasteiger charge is 2.36. The second kappa shape index (κ2) is 13.6. The van der Waals surface area contributed by atoms with Crippen LogP contribution in [0, 0.1) is 0 Å². The Labute approximate surface area is 365 Å². The molecule has 0 radical (unpaired) electrons. The number of allylic oxidation sites excluding steroid dienone is 4. The Kier molecular flexibility index (Phi) is 7.74. The molecule has 11 aromatic rings. The summed E-state index contributed by atoms with van der Waals surface area (Å²) in [4.78, 5) is 20.7. The Balaban J connectivity index is 0.831. The van der Waals surface area contributed by atoms with Crippen LogP contribution in [0.15, 0.2) is 188 Å². The van der Waals surface area contributed by atoms with Gasteiger partial charge in [-0.15, -0.1) is 0 Å². The quantitative estimate of drug-likeness (QED) is 0.166. The van der Waals surface area contributed by atoms with Gasteiger partial charge in [-0.2, -0.15) is 0 Å². The number of benzene rings is 9. The maximum atomic E-state index is 5.31. The second-order valence-electron chi connectivity index (χ2n) is 17.7. The molecule has 2 heterocycles. The van der Waals surface area contributed by atoms with E-state index in [9.17, 15) is 0 Å². The molecule has 1 unspecified atom stereocenters. The predicted molar refractivity (Wildman–Crippen MR) is 262 cm³/mol. The smallest absolute Gasteiger partial charge is 0.0979 e. The first-order chi connectivity index (χ1) is 31.0. The van der Waals surface area contributed by atoms with E-state index in [-0.39, 0.29) is 11.3 Å². The zero-order chi connectivity index (χ0) is 41.8. The third kappa shape index (κ3) is 5.47. The van der Waals surface area contributed by atoms with Crippen LogP contribution in [-0.2, 0) is 5.41 Å². The van der Waals surface area contributed by atoms with Crippen molar-refractivity contribution in [1.82, 2.24) is 19.9 Å². The van der Waals surface area contributed by atoms with Gasteiger partial charge in [0.15, 0.2) is 0 Å². The summed E-state index contributed by atoms with van der Waals surface area (Å²) in [7, 11) is 0. The molecule has 0 fully saturated rings. The predicted octanol–water partition coefficient (Wildman–Crippen LogP) is 15.0. The summed E-state index contributed by atoms with van der Waals surface area (Å²) in [5.41, 5.74) is 16.6. The largest absolute Gasteiger partial charge is 0.252 e. The molecule has 0 saturated carbocycles. The Morgan fingerprint density at radius 1 is 0.444 bits per heavy atom. The molecule has 9 aromatic carbocycles. The van der Waals surface area contributed by atoms with Crippen molar-refractivity contribution in [2.24, 2.45) is 0 Å². The average Bonchev–Trinajstić information content (AvgIpc) is 3.58. The van der Waals surface area contributed by atoms with Gasteiger partial charge >= 0.3 is 0 Å². The molecule has 2 aromatic heterocycles. The van der Waals surface area contributed by atoms with Crippen LogP contribution >= 0.6 is 0 Å². The summed E-state index contributed by atoms with van der Waals surface area (Å²) in [6.07, 6.45) is 11.7. The monoisotopic (exact) mass is 804 g/mol. The van der Waals surface area contributed by atoms with Crippen molar-refractivity contribution in [3.05, 3.63) is 211 Å². The number of rotatable bonds is 4. The maximum absolute atomic E-state index is 5.31. The van der Waals surface area contributed by atoms with E-state index in [2.05, 4.69) is 190 Å². The molecule has 0 aliphatic heterocycles. The van der Waals surface area contributed by atoms with Crippen molar-refractivity contribution in [3.8, 4) is 33.5 Å². The van der Waals surface area contributed by atoms with Gasteiger partial charge in [0, 0.05) is 38.4 Å². The number of hydrogen-bond donors (Lipinski definition) is 0. The highest BCUT2D eigenvalue weighted by Crippen LogP contribution is 2.51. The lowest BCUT2D eigenvalue weighted by atomic mass is 9.79. The molecule has 296 valence electrons. The Hall–Kier alpha value is -7.82. The molecule has 2 aliphatic carbocycles. The zero-order valence-corrected chi connectivity index (χ0v) is 35.0. The number of nitrogens with zero attached hydrogens (tertiary/aromatic N) is 4. The van der Waals surface area contributed by atoms with Crippen molar-refractivity contribution in [2.75, 3.05) is 0 Å². The average molecular weight is 805 g/mol. The summed E-state index contributed by atoms with van der Waals surface area (Å²) in [5, 5.41) is 9.34. The third-order valence-electron chi connectivity index (χ3n) is 13.8. The Morgan fingerprint density at radius 3 is 1.56 bits per heavy atom. The van der Waals surface area contributed by atoms with Gasteiger partial charge in [-0.3, -0.25) is 9.97 Å². The van der Waals surface area contributed by atoms with Crippen molar-refractivity contribution in [2.45, 2.75) is 31.6 Å². The molecule has 13 rings (SSSR count). The minimum Gasteiger partial charge on any atom is -0.252 e. The first-order valence-corrected chi connectivity index (χ1v) is 21.9. The van der Waals surface area contributed by atoms with Gasteiger partial charge in [-0.25, -0.2) is 9.97 Å². The van der Waals surface area contributed by atoms with Gasteiger partial charge in [-0.1, -0.05) is 178 Å². The molecule has 0 amide bonds. The van der Waals surface area contributed by atoms with Crippen molar-refractivity contribution in [3.63, 3.8) is 0 Å². The van der Waals surface area contributed by atoms with Gasteiger partial charge in [0.2, 0.25) is 0 Å². The van der Waals surface area contributed by atoms with E-state index in [4.69, 9.17) is 19.9 Å². The molecule has 0 spiro atoms. The Morgan fingerprint density at radius 2 is 0.937 bits per heavy atom. The standard InChI is InChI=1S/C59H40N4/c1-59(2)51-31-37(35-13-11-15-39(29-35)53-33-60-55-47-21-7-3-17-41(47)43-19-5-9-23-49(43)57(55)62-53)25-27-45(51)46-28-26-38(32-52(46)59)36-14-12-16-40(30-36)54-34-61-56-48-22-8-4-18-42(48)44-20-6-10-24-50(44)58(56)63-54/h3-13,15-34,36H,14H2,1-2H3. The molecule has 0 bridgehead atoms. The van der Waals surface area contributed by atoms with Crippen molar-refractivity contribution >= 4 is 70.7 Å². The summed E-state index contributed by atoms with van der Waals surface area (Å²) in [6.45, 7) is 4.75. The fraction of sp³-hybridized carbons (Fsp3) is 0.0847. The van der Waals surface area contributed by atoms with Crippen LogP contribution in [0.2, 0.25) is 0 Å². The third-order valence-corrected chi connectivity index (χ3v) is 13.8. The van der Waals surface area contributed by atoms with E-state index >= 15 is 0 Å². The van der Waals surface area contributed by atoms with Crippen LogP contribution in [0.4, 0.5) is 0 Å². The van der Waals surface area contributed by atoms with E-state index < -0.39 is 0 Å². The van der Waals surface area contributed by atoms with E-state index in [0.717, 1.165) is 78.1 Å². The summed E-state index contributed by atoms with van der Waals surface area (Å²) < 4.78 is 0. The minimum absolute atomic E-state index is 0.174.